The average Bonchev–Trinajstić information content (AvgIpc) is 3.29. The minimum atomic E-state index is -0.332. The number of hydrogen-bond acceptors (Lipinski definition) is 5. The Morgan fingerprint density at radius 1 is 1.00 bits per heavy atom. The van der Waals surface area contributed by atoms with E-state index in [4.69, 9.17) is 9.47 Å². The van der Waals surface area contributed by atoms with Crippen LogP contribution in [-0.4, -0.2) is 34.4 Å². The molecule has 0 aliphatic rings. The van der Waals surface area contributed by atoms with Crippen molar-refractivity contribution in [1.82, 2.24) is 14.8 Å². The van der Waals surface area contributed by atoms with Crippen molar-refractivity contribution in [2.75, 3.05) is 19.0 Å². The molecule has 35 heavy (non-hydrogen) atoms. The van der Waals surface area contributed by atoms with Crippen molar-refractivity contribution in [2.24, 2.45) is 5.92 Å². The molecule has 0 spiro atoms. The van der Waals surface area contributed by atoms with Gasteiger partial charge in [-0.05, 0) is 66.2 Å². The molecule has 0 bridgehead atoms. The molecular formula is C27H27FN4O3. The van der Waals surface area contributed by atoms with E-state index in [0.717, 1.165) is 17.0 Å². The van der Waals surface area contributed by atoms with Gasteiger partial charge in [-0.15, -0.1) is 5.10 Å². The number of aromatic nitrogens is 3. The summed E-state index contributed by atoms with van der Waals surface area (Å²) in [6.45, 7) is 4.06. The molecule has 0 fully saturated rings. The van der Waals surface area contributed by atoms with E-state index < -0.39 is 0 Å². The zero-order valence-electron chi connectivity index (χ0n) is 19.9. The summed E-state index contributed by atoms with van der Waals surface area (Å²) in [6.07, 6.45) is 0.675. The van der Waals surface area contributed by atoms with E-state index in [2.05, 4.69) is 15.4 Å². The highest BCUT2D eigenvalue weighted by Gasteiger charge is 2.16. The van der Waals surface area contributed by atoms with Gasteiger partial charge in [0.2, 0.25) is 5.91 Å². The molecular weight excluding hydrogens is 447 g/mol. The van der Waals surface area contributed by atoms with Crippen molar-refractivity contribution in [1.29, 1.82) is 0 Å². The molecule has 1 amide bonds. The van der Waals surface area contributed by atoms with Gasteiger partial charge < -0.3 is 14.8 Å². The van der Waals surface area contributed by atoms with Gasteiger partial charge in [-0.1, -0.05) is 26.0 Å². The molecule has 0 unspecified atom stereocenters. The number of amides is 1. The molecule has 1 aromatic heterocycles. The van der Waals surface area contributed by atoms with Gasteiger partial charge in [0.1, 0.15) is 11.6 Å². The number of rotatable bonds is 9. The molecule has 4 aromatic rings. The van der Waals surface area contributed by atoms with Crippen molar-refractivity contribution >= 4 is 11.6 Å². The molecule has 0 radical (unpaired) electrons. The van der Waals surface area contributed by atoms with Crippen LogP contribution in [0.25, 0.3) is 17.1 Å². The molecule has 4 rings (SSSR count). The Kier molecular flexibility index (Phi) is 7.40. The monoisotopic (exact) mass is 474 g/mol. The van der Waals surface area contributed by atoms with Gasteiger partial charge in [-0.3, -0.25) is 4.79 Å². The smallest absolute Gasteiger partial charge is 0.336 e. The lowest BCUT2D eigenvalue weighted by molar-refractivity contribution is -0.118. The molecule has 8 heteroatoms. The summed E-state index contributed by atoms with van der Waals surface area (Å²) in [5.74, 6) is 0.809. The molecule has 7 nitrogen and oxygen atoms in total. The third kappa shape index (κ3) is 6.03. The Morgan fingerprint density at radius 2 is 1.69 bits per heavy atom. The number of hydrogen-bond donors (Lipinski definition) is 1. The Labute approximate surface area is 203 Å². The molecule has 0 aliphatic heterocycles. The van der Waals surface area contributed by atoms with Crippen LogP contribution >= 0.6 is 0 Å². The summed E-state index contributed by atoms with van der Waals surface area (Å²) in [6, 6.07) is 21.3. The van der Waals surface area contributed by atoms with Crippen LogP contribution in [0.4, 0.5) is 10.1 Å². The molecule has 0 aliphatic carbocycles. The van der Waals surface area contributed by atoms with E-state index in [1.165, 1.54) is 12.1 Å². The number of benzene rings is 3. The van der Waals surface area contributed by atoms with Crippen molar-refractivity contribution in [3.8, 4) is 28.8 Å². The summed E-state index contributed by atoms with van der Waals surface area (Å²) in [5.41, 5.74) is 3.21. The molecule has 1 heterocycles. The maximum Gasteiger partial charge on any atom is 0.336 e. The second-order valence-corrected chi connectivity index (χ2v) is 8.27. The van der Waals surface area contributed by atoms with Crippen LogP contribution in [0.1, 0.15) is 19.4 Å². The van der Waals surface area contributed by atoms with E-state index in [-0.39, 0.29) is 23.7 Å². The zero-order chi connectivity index (χ0) is 24.8. The number of carbonyl (C=O) groups excluding carboxylic acids is 1. The van der Waals surface area contributed by atoms with E-state index in [9.17, 15) is 9.18 Å². The molecule has 180 valence electrons. The largest absolute Gasteiger partial charge is 0.497 e. The number of anilines is 1. The van der Waals surface area contributed by atoms with Gasteiger partial charge in [-0.2, -0.15) is 4.98 Å². The number of ether oxygens (including phenoxy) is 2. The molecule has 0 saturated carbocycles. The number of methoxy groups -OCH3 is 1. The van der Waals surface area contributed by atoms with Crippen molar-refractivity contribution in [3.05, 3.63) is 84.2 Å². The van der Waals surface area contributed by atoms with Crippen molar-refractivity contribution in [3.63, 3.8) is 0 Å². The maximum absolute atomic E-state index is 13.5. The van der Waals surface area contributed by atoms with Gasteiger partial charge in [-0.25, -0.2) is 9.07 Å². The van der Waals surface area contributed by atoms with Gasteiger partial charge in [0, 0.05) is 23.6 Å². The second-order valence-electron chi connectivity index (χ2n) is 8.27. The zero-order valence-corrected chi connectivity index (χ0v) is 19.9. The predicted molar refractivity (Wildman–Crippen MR) is 132 cm³/mol. The van der Waals surface area contributed by atoms with Crippen LogP contribution in [0, 0.1) is 11.7 Å². The molecule has 0 atom stereocenters. The fourth-order valence-electron chi connectivity index (χ4n) is 3.35. The van der Waals surface area contributed by atoms with E-state index in [1.54, 1.807) is 36.1 Å². The summed E-state index contributed by atoms with van der Waals surface area (Å²) in [7, 11) is 1.63. The van der Waals surface area contributed by atoms with Crippen LogP contribution in [0.3, 0.4) is 0 Å². The summed E-state index contributed by atoms with van der Waals surface area (Å²) < 4.78 is 26.2. The molecule has 1 N–H and O–H groups in total. The van der Waals surface area contributed by atoms with Crippen LogP contribution in [-0.2, 0) is 11.2 Å². The molecule has 0 saturated heterocycles. The first-order valence-electron chi connectivity index (χ1n) is 11.3. The van der Waals surface area contributed by atoms with Crippen molar-refractivity contribution < 1.29 is 18.7 Å². The van der Waals surface area contributed by atoms with E-state index in [0.29, 0.717) is 30.1 Å². The summed E-state index contributed by atoms with van der Waals surface area (Å²) in [5, 5.41) is 7.41. The first kappa shape index (κ1) is 23.9. The van der Waals surface area contributed by atoms with Gasteiger partial charge >= 0.3 is 6.01 Å². The lowest BCUT2D eigenvalue weighted by Gasteiger charge is -2.09. The minimum absolute atomic E-state index is 0.0574. The lowest BCUT2D eigenvalue weighted by Crippen LogP contribution is -2.17. The Bertz CT molecular complexity index is 1270. The fourth-order valence-corrected chi connectivity index (χ4v) is 3.35. The third-order valence-electron chi connectivity index (χ3n) is 5.37. The summed E-state index contributed by atoms with van der Waals surface area (Å²) >= 11 is 0. The number of halogens is 1. The van der Waals surface area contributed by atoms with Crippen LogP contribution in [0.2, 0.25) is 0 Å². The van der Waals surface area contributed by atoms with Gasteiger partial charge in [0.05, 0.1) is 19.4 Å². The number of nitrogens with zero attached hydrogens (tertiary/aromatic N) is 3. The topological polar surface area (TPSA) is 78.3 Å². The predicted octanol–water partition coefficient (Wildman–Crippen LogP) is 5.30. The Morgan fingerprint density at radius 3 is 2.31 bits per heavy atom. The Balaban J connectivity index is 1.55. The summed E-state index contributed by atoms with van der Waals surface area (Å²) in [4.78, 5) is 16.5. The van der Waals surface area contributed by atoms with Crippen LogP contribution < -0.4 is 14.8 Å². The Hall–Kier alpha value is -4.20. The third-order valence-corrected chi connectivity index (χ3v) is 5.37. The van der Waals surface area contributed by atoms with Crippen molar-refractivity contribution in [2.45, 2.75) is 20.3 Å². The van der Waals surface area contributed by atoms with E-state index in [1.807, 2.05) is 50.2 Å². The highest BCUT2D eigenvalue weighted by Crippen LogP contribution is 2.25. The number of nitrogens with one attached hydrogen (secondary N) is 1. The normalized spacial score (nSPS) is 10.9. The number of carbonyl (C=O) groups is 1. The van der Waals surface area contributed by atoms with Gasteiger partial charge in [0.25, 0.3) is 0 Å². The quantitative estimate of drug-likeness (QED) is 0.356. The average molecular weight is 475 g/mol. The SMILES string of the molecule is COc1ccc(CCOc2nc(-c3ccc(F)cc3)n(-c3ccc(NC(=O)C(C)C)cc3)n2)cc1. The molecule has 3 aromatic carbocycles. The lowest BCUT2D eigenvalue weighted by atomic mass is 10.1. The van der Waals surface area contributed by atoms with E-state index >= 15 is 0 Å². The van der Waals surface area contributed by atoms with Crippen LogP contribution in [0.15, 0.2) is 72.8 Å². The fraction of sp³-hybridized carbons (Fsp3) is 0.222. The first-order chi connectivity index (χ1) is 16.9. The van der Waals surface area contributed by atoms with Crippen LogP contribution in [0.5, 0.6) is 11.8 Å². The maximum atomic E-state index is 13.5. The highest BCUT2D eigenvalue weighted by atomic mass is 19.1. The second kappa shape index (κ2) is 10.8. The first-order valence-corrected chi connectivity index (χ1v) is 11.3. The highest BCUT2D eigenvalue weighted by molar-refractivity contribution is 5.92. The standard InChI is InChI=1S/C27H27FN4O3/c1-18(2)26(33)29-22-10-12-23(13-11-22)32-25(20-6-8-21(28)9-7-20)30-27(31-32)35-17-16-19-4-14-24(34-3)15-5-19/h4-15,18H,16-17H2,1-3H3,(H,29,33). The van der Waals surface area contributed by atoms with Gasteiger partial charge in [0.15, 0.2) is 5.82 Å². The minimum Gasteiger partial charge on any atom is -0.497 e.